The van der Waals surface area contributed by atoms with Crippen molar-refractivity contribution in [2.45, 2.75) is 13.8 Å². The Labute approximate surface area is 116 Å². The fraction of sp³-hybridized carbons (Fsp3) is 0.600. The molecular formula is C15H24N2S. The van der Waals surface area contributed by atoms with Crippen molar-refractivity contribution in [3.63, 3.8) is 0 Å². The maximum absolute atomic E-state index is 4.51. The van der Waals surface area contributed by atoms with Gasteiger partial charge in [0.15, 0.2) is 0 Å². The van der Waals surface area contributed by atoms with E-state index < -0.39 is 0 Å². The Morgan fingerprint density at radius 1 is 1.17 bits per heavy atom. The molecule has 0 amide bonds. The highest BCUT2D eigenvalue weighted by Gasteiger charge is 2.23. The summed E-state index contributed by atoms with van der Waals surface area (Å²) in [7, 11) is 2.18. The van der Waals surface area contributed by atoms with Crippen molar-refractivity contribution >= 4 is 24.0 Å². The van der Waals surface area contributed by atoms with Gasteiger partial charge >= 0.3 is 0 Å². The number of benzene rings is 1. The maximum Gasteiger partial charge on any atom is 0.0604 e. The van der Waals surface area contributed by atoms with Crippen LogP contribution in [0.25, 0.3) is 0 Å². The molecule has 0 aromatic heterocycles. The Hall–Kier alpha value is -0.830. The molecule has 1 unspecified atom stereocenters. The van der Waals surface area contributed by atoms with Gasteiger partial charge in [-0.25, -0.2) is 0 Å². The number of thiol groups is 1. The second kappa shape index (κ2) is 5.87. The second-order valence-corrected chi connectivity index (χ2v) is 5.91. The Bertz CT molecular complexity index is 392. The lowest BCUT2D eigenvalue weighted by atomic mass is 9.96. The molecule has 0 radical (unpaired) electrons. The summed E-state index contributed by atoms with van der Waals surface area (Å²) in [6, 6.07) is 8.71. The average molecular weight is 264 g/mol. The van der Waals surface area contributed by atoms with Crippen LogP contribution in [0.2, 0.25) is 0 Å². The molecule has 0 aliphatic carbocycles. The zero-order valence-electron chi connectivity index (χ0n) is 11.6. The highest BCUT2D eigenvalue weighted by molar-refractivity contribution is 7.80. The average Bonchev–Trinajstić information content (AvgIpc) is 2.38. The summed E-state index contributed by atoms with van der Waals surface area (Å²) in [4.78, 5) is 4.87. The number of anilines is 2. The highest BCUT2D eigenvalue weighted by Crippen LogP contribution is 2.32. The molecular weight excluding hydrogens is 240 g/mol. The molecule has 0 N–H and O–H groups in total. The van der Waals surface area contributed by atoms with E-state index in [9.17, 15) is 0 Å². The van der Waals surface area contributed by atoms with Gasteiger partial charge in [-0.3, -0.25) is 0 Å². The fourth-order valence-electron chi connectivity index (χ4n) is 2.52. The number of hydrogen-bond acceptors (Lipinski definition) is 3. The first kappa shape index (κ1) is 13.6. The number of hydrogen-bond donors (Lipinski definition) is 1. The maximum atomic E-state index is 4.51. The number of para-hydroxylation sites is 2. The van der Waals surface area contributed by atoms with Gasteiger partial charge in [-0.05, 0) is 29.7 Å². The Kier molecular flexibility index (Phi) is 4.44. The summed E-state index contributed by atoms with van der Waals surface area (Å²) in [5.74, 6) is 2.31. The molecule has 0 saturated heterocycles. The summed E-state index contributed by atoms with van der Waals surface area (Å²) in [6.45, 7) is 7.93. The zero-order valence-corrected chi connectivity index (χ0v) is 12.5. The lowest BCUT2D eigenvalue weighted by Crippen LogP contribution is -2.42. The molecule has 3 heteroatoms. The van der Waals surface area contributed by atoms with Crippen LogP contribution in [0.15, 0.2) is 24.3 Å². The molecule has 1 aliphatic heterocycles. The van der Waals surface area contributed by atoms with Crippen molar-refractivity contribution in [2.75, 3.05) is 42.2 Å². The molecule has 1 aromatic rings. The van der Waals surface area contributed by atoms with Crippen molar-refractivity contribution in [1.82, 2.24) is 0 Å². The molecule has 0 fully saturated rings. The summed E-state index contributed by atoms with van der Waals surface area (Å²) < 4.78 is 0. The first-order chi connectivity index (χ1) is 8.63. The SMILES string of the molecule is CC(C)C(CS)CN1CCN(C)c2ccccc21. The zero-order chi connectivity index (χ0) is 13.1. The van der Waals surface area contributed by atoms with Crippen LogP contribution in [-0.4, -0.2) is 32.4 Å². The minimum absolute atomic E-state index is 0.657. The third-order valence-corrected chi connectivity index (χ3v) is 4.44. The van der Waals surface area contributed by atoms with Crippen LogP contribution in [0.4, 0.5) is 11.4 Å². The smallest absolute Gasteiger partial charge is 0.0604 e. The van der Waals surface area contributed by atoms with Crippen molar-refractivity contribution in [1.29, 1.82) is 0 Å². The first-order valence-electron chi connectivity index (χ1n) is 6.79. The van der Waals surface area contributed by atoms with Crippen LogP contribution in [0, 0.1) is 11.8 Å². The van der Waals surface area contributed by atoms with Crippen molar-refractivity contribution in [3.8, 4) is 0 Å². The molecule has 2 nitrogen and oxygen atoms in total. The second-order valence-electron chi connectivity index (χ2n) is 5.54. The molecule has 0 bridgehead atoms. The highest BCUT2D eigenvalue weighted by atomic mass is 32.1. The number of likely N-dealkylation sites (N-methyl/N-ethyl adjacent to an activating group) is 1. The normalized spacial score (nSPS) is 16.9. The van der Waals surface area contributed by atoms with Crippen LogP contribution < -0.4 is 9.80 Å². The lowest BCUT2D eigenvalue weighted by Gasteiger charge is -2.39. The Morgan fingerprint density at radius 2 is 1.83 bits per heavy atom. The third kappa shape index (κ3) is 2.77. The molecule has 1 heterocycles. The van der Waals surface area contributed by atoms with Crippen molar-refractivity contribution in [2.24, 2.45) is 11.8 Å². The third-order valence-electron chi connectivity index (χ3n) is 3.97. The topological polar surface area (TPSA) is 6.48 Å². The largest absolute Gasteiger partial charge is 0.371 e. The van der Waals surface area contributed by atoms with Crippen LogP contribution in [0.5, 0.6) is 0 Å². The van der Waals surface area contributed by atoms with Crippen molar-refractivity contribution < 1.29 is 0 Å². The number of fused-ring (bicyclic) bond motifs is 1. The van der Waals surface area contributed by atoms with E-state index in [1.165, 1.54) is 11.4 Å². The van der Waals surface area contributed by atoms with E-state index in [1.807, 2.05) is 0 Å². The molecule has 1 aliphatic rings. The van der Waals surface area contributed by atoms with E-state index in [4.69, 9.17) is 0 Å². The predicted molar refractivity (Wildman–Crippen MR) is 84.1 cm³/mol. The van der Waals surface area contributed by atoms with Gasteiger partial charge in [0.05, 0.1) is 11.4 Å². The van der Waals surface area contributed by atoms with Gasteiger partial charge in [0.2, 0.25) is 0 Å². The predicted octanol–water partition coefficient (Wildman–Crippen LogP) is 3.14. The first-order valence-corrected chi connectivity index (χ1v) is 7.42. The van der Waals surface area contributed by atoms with E-state index in [0.717, 1.165) is 25.4 Å². The number of rotatable bonds is 4. The van der Waals surface area contributed by atoms with Crippen molar-refractivity contribution in [3.05, 3.63) is 24.3 Å². The number of nitrogens with zero attached hydrogens (tertiary/aromatic N) is 2. The Morgan fingerprint density at radius 3 is 2.44 bits per heavy atom. The van der Waals surface area contributed by atoms with E-state index in [-0.39, 0.29) is 0 Å². The van der Waals surface area contributed by atoms with Crippen LogP contribution >= 0.6 is 12.6 Å². The molecule has 100 valence electrons. The van der Waals surface area contributed by atoms with E-state index in [1.54, 1.807) is 0 Å². The summed E-state index contributed by atoms with van der Waals surface area (Å²) in [5, 5.41) is 0. The van der Waals surface area contributed by atoms with Crippen LogP contribution in [-0.2, 0) is 0 Å². The van der Waals surface area contributed by atoms with E-state index in [0.29, 0.717) is 11.8 Å². The van der Waals surface area contributed by atoms with E-state index in [2.05, 4.69) is 67.6 Å². The fourth-order valence-corrected chi connectivity index (χ4v) is 3.06. The van der Waals surface area contributed by atoms with Gasteiger partial charge in [0.25, 0.3) is 0 Å². The van der Waals surface area contributed by atoms with E-state index >= 15 is 0 Å². The lowest BCUT2D eigenvalue weighted by molar-refractivity contribution is 0.422. The molecule has 18 heavy (non-hydrogen) atoms. The molecule has 1 atom stereocenters. The molecule has 1 aromatic carbocycles. The molecule has 2 rings (SSSR count). The molecule has 0 saturated carbocycles. The van der Waals surface area contributed by atoms with Gasteiger partial charge in [-0.15, -0.1) is 0 Å². The van der Waals surface area contributed by atoms with Gasteiger partial charge < -0.3 is 9.80 Å². The minimum atomic E-state index is 0.657. The van der Waals surface area contributed by atoms with Gasteiger partial charge in [-0.1, -0.05) is 26.0 Å². The van der Waals surface area contributed by atoms with Gasteiger partial charge in [0.1, 0.15) is 0 Å². The molecule has 0 spiro atoms. The summed E-state index contributed by atoms with van der Waals surface area (Å²) in [5.41, 5.74) is 2.73. The van der Waals surface area contributed by atoms with Gasteiger partial charge in [0, 0.05) is 26.7 Å². The quantitative estimate of drug-likeness (QED) is 0.835. The van der Waals surface area contributed by atoms with Crippen LogP contribution in [0.1, 0.15) is 13.8 Å². The standard InChI is InChI=1S/C15H24N2S/c1-12(2)13(11-18)10-17-9-8-16(3)14-6-4-5-7-15(14)17/h4-7,12-13,18H,8-11H2,1-3H3. The minimum Gasteiger partial charge on any atom is -0.371 e. The monoisotopic (exact) mass is 264 g/mol. The summed E-state index contributed by atoms with van der Waals surface area (Å²) >= 11 is 4.51. The Balaban J connectivity index is 2.18. The van der Waals surface area contributed by atoms with Crippen LogP contribution in [0.3, 0.4) is 0 Å². The summed E-state index contributed by atoms with van der Waals surface area (Å²) in [6.07, 6.45) is 0. The van der Waals surface area contributed by atoms with Gasteiger partial charge in [-0.2, -0.15) is 12.6 Å².